The van der Waals surface area contributed by atoms with Crippen LogP contribution in [0.1, 0.15) is 33.1 Å². The predicted molar refractivity (Wildman–Crippen MR) is 46.8 cm³/mol. The molecule has 0 unspecified atom stereocenters. The van der Waals surface area contributed by atoms with Crippen molar-refractivity contribution in [2.24, 2.45) is 5.10 Å². The summed E-state index contributed by atoms with van der Waals surface area (Å²) in [6.07, 6.45) is 2.31. The van der Waals surface area contributed by atoms with E-state index in [1.807, 2.05) is 13.8 Å². The minimum Gasteiger partial charge on any atom is -0.293 e. The summed E-state index contributed by atoms with van der Waals surface area (Å²) < 4.78 is 0. The molecule has 0 aromatic heterocycles. The molecule has 0 aromatic rings. The van der Waals surface area contributed by atoms with Crippen LogP contribution in [0.2, 0.25) is 0 Å². The van der Waals surface area contributed by atoms with Gasteiger partial charge in [0.15, 0.2) is 5.78 Å². The molecule has 1 N–H and O–H groups in total. The van der Waals surface area contributed by atoms with Crippen molar-refractivity contribution < 1.29 is 9.59 Å². The van der Waals surface area contributed by atoms with Gasteiger partial charge >= 0.3 is 0 Å². The summed E-state index contributed by atoms with van der Waals surface area (Å²) in [6.45, 7) is 3.76. The van der Waals surface area contributed by atoms with Gasteiger partial charge in [0.1, 0.15) is 5.71 Å². The van der Waals surface area contributed by atoms with Gasteiger partial charge in [-0.2, -0.15) is 5.10 Å². The lowest BCUT2D eigenvalue weighted by atomic mass is 10.1. The number of ketones is 1. The molecule has 0 rings (SSSR count). The van der Waals surface area contributed by atoms with Crippen LogP contribution in [0.15, 0.2) is 5.10 Å². The number of amides is 1. The van der Waals surface area contributed by atoms with Crippen LogP contribution >= 0.6 is 0 Å². The van der Waals surface area contributed by atoms with E-state index in [9.17, 15) is 9.59 Å². The van der Waals surface area contributed by atoms with Crippen LogP contribution in [0.25, 0.3) is 0 Å². The second-order valence-corrected chi connectivity index (χ2v) is 2.33. The number of Topliss-reactive ketones (excluding diaryl/α,β-unsaturated/α-hetero) is 1. The molecule has 0 saturated carbocycles. The predicted octanol–water partition coefficient (Wildman–Crippen LogP) is 0.868. The number of hydrogen-bond acceptors (Lipinski definition) is 3. The summed E-state index contributed by atoms with van der Waals surface area (Å²) >= 11 is 0. The lowest BCUT2D eigenvalue weighted by Crippen LogP contribution is -2.17. The minimum atomic E-state index is 0.00866. The number of nitrogens with zero attached hydrogens (tertiary/aromatic N) is 1. The van der Waals surface area contributed by atoms with Gasteiger partial charge in [-0.3, -0.25) is 9.59 Å². The largest absolute Gasteiger partial charge is 0.293 e. The maximum atomic E-state index is 11.2. The zero-order valence-corrected chi connectivity index (χ0v) is 7.46. The van der Waals surface area contributed by atoms with E-state index in [-0.39, 0.29) is 5.78 Å². The monoisotopic (exact) mass is 170 g/mol. The van der Waals surface area contributed by atoms with Gasteiger partial charge in [-0.25, -0.2) is 5.43 Å². The Morgan fingerprint density at radius 1 is 1.50 bits per heavy atom. The molecule has 0 heterocycles. The van der Waals surface area contributed by atoms with Crippen molar-refractivity contribution >= 4 is 17.9 Å². The Hall–Kier alpha value is -1.19. The van der Waals surface area contributed by atoms with E-state index in [4.69, 9.17) is 0 Å². The van der Waals surface area contributed by atoms with E-state index in [1.54, 1.807) is 0 Å². The molecule has 0 aliphatic rings. The zero-order chi connectivity index (χ0) is 9.40. The van der Waals surface area contributed by atoms with Crippen molar-refractivity contribution in [3.8, 4) is 0 Å². The van der Waals surface area contributed by atoms with E-state index >= 15 is 0 Å². The molecule has 0 aromatic carbocycles. The molecule has 0 saturated heterocycles. The summed E-state index contributed by atoms with van der Waals surface area (Å²) in [6, 6.07) is 0. The summed E-state index contributed by atoms with van der Waals surface area (Å²) in [5.41, 5.74) is 2.56. The second kappa shape index (κ2) is 6.52. The molecule has 4 heteroatoms. The number of nitrogens with one attached hydrogen (secondary N) is 1. The fraction of sp³-hybridized carbons (Fsp3) is 0.625. The molecular weight excluding hydrogens is 156 g/mol. The summed E-state index contributed by atoms with van der Waals surface area (Å²) in [7, 11) is 0. The fourth-order valence-corrected chi connectivity index (χ4v) is 0.814. The first-order chi connectivity index (χ1) is 5.76. The Balaban J connectivity index is 4.12. The van der Waals surface area contributed by atoms with Gasteiger partial charge in [-0.05, 0) is 12.8 Å². The Morgan fingerprint density at radius 2 is 2.17 bits per heavy atom. The van der Waals surface area contributed by atoms with Crippen LogP contribution < -0.4 is 5.43 Å². The number of hydrazone groups is 1. The van der Waals surface area contributed by atoms with Crippen molar-refractivity contribution in [2.45, 2.75) is 33.1 Å². The van der Waals surface area contributed by atoms with Gasteiger partial charge < -0.3 is 0 Å². The fourth-order valence-electron chi connectivity index (χ4n) is 0.814. The molecule has 1 amide bonds. The van der Waals surface area contributed by atoms with E-state index in [0.29, 0.717) is 25.0 Å². The highest BCUT2D eigenvalue weighted by atomic mass is 16.1. The van der Waals surface area contributed by atoms with Crippen LogP contribution in [0.4, 0.5) is 0 Å². The summed E-state index contributed by atoms with van der Waals surface area (Å²) in [5, 5.41) is 3.63. The van der Waals surface area contributed by atoms with Crippen molar-refractivity contribution in [2.75, 3.05) is 0 Å². The third kappa shape index (κ3) is 3.85. The highest BCUT2D eigenvalue weighted by Crippen LogP contribution is 1.95. The lowest BCUT2D eigenvalue weighted by Gasteiger charge is -1.99. The third-order valence-corrected chi connectivity index (χ3v) is 1.39. The van der Waals surface area contributed by atoms with Gasteiger partial charge in [0, 0.05) is 6.42 Å². The van der Waals surface area contributed by atoms with Crippen LogP contribution in [0, 0.1) is 0 Å². The van der Waals surface area contributed by atoms with Crippen molar-refractivity contribution in [1.82, 2.24) is 5.43 Å². The van der Waals surface area contributed by atoms with Gasteiger partial charge in [-0.1, -0.05) is 13.8 Å². The Morgan fingerprint density at radius 3 is 2.58 bits per heavy atom. The molecular formula is C8H14N2O2. The first-order valence-corrected chi connectivity index (χ1v) is 4.05. The van der Waals surface area contributed by atoms with E-state index in [1.165, 1.54) is 0 Å². The van der Waals surface area contributed by atoms with Crippen LogP contribution in [-0.4, -0.2) is 17.9 Å². The first kappa shape index (κ1) is 10.8. The number of hydrogen-bond donors (Lipinski definition) is 1. The topological polar surface area (TPSA) is 58.5 Å². The van der Waals surface area contributed by atoms with Crippen molar-refractivity contribution in [3.63, 3.8) is 0 Å². The molecule has 0 aliphatic carbocycles. The maximum absolute atomic E-state index is 11.2. The van der Waals surface area contributed by atoms with Crippen LogP contribution in [0.5, 0.6) is 0 Å². The molecule has 0 fully saturated rings. The Kier molecular flexibility index (Phi) is 5.87. The normalized spacial score (nSPS) is 11.0. The number of carbonyl (C=O) groups is 2. The Bertz CT molecular complexity index is 187. The van der Waals surface area contributed by atoms with Crippen LogP contribution in [0.3, 0.4) is 0 Å². The Labute approximate surface area is 72.0 Å². The van der Waals surface area contributed by atoms with E-state index in [2.05, 4.69) is 10.5 Å². The molecule has 4 nitrogen and oxygen atoms in total. The van der Waals surface area contributed by atoms with E-state index in [0.717, 1.165) is 6.42 Å². The summed E-state index contributed by atoms with van der Waals surface area (Å²) in [4.78, 5) is 21.1. The third-order valence-electron chi connectivity index (χ3n) is 1.39. The standard InChI is InChI=1S/C8H14N2O2/c1-3-5-8(12)7(4-2)10-9-6-11/h6H,3-5H2,1-2H3,(H,9,11). The highest BCUT2D eigenvalue weighted by Gasteiger charge is 2.07. The first-order valence-electron chi connectivity index (χ1n) is 4.05. The second-order valence-electron chi connectivity index (χ2n) is 2.33. The van der Waals surface area contributed by atoms with Crippen molar-refractivity contribution in [3.05, 3.63) is 0 Å². The van der Waals surface area contributed by atoms with Gasteiger partial charge in [0.25, 0.3) is 0 Å². The molecule has 68 valence electrons. The average Bonchev–Trinajstić information content (AvgIpc) is 2.06. The zero-order valence-electron chi connectivity index (χ0n) is 7.46. The summed E-state index contributed by atoms with van der Waals surface area (Å²) in [5.74, 6) is 0.00866. The molecule has 0 bridgehead atoms. The van der Waals surface area contributed by atoms with Crippen molar-refractivity contribution in [1.29, 1.82) is 0 Å². The smallest absolute Gasteiger partial charge is 0.227 e. The van der Waals surface area contributed by atoms with Gasteiger partial charge in [0.2, 0.25) is 6.41 Å². The average molecular weight is 170 g/mol. The number of rotatable bonds is 6. The molecule has 12 heavy (non-hydrogen) atoms. The highest BCUT2D eigenvalue weighted by molar-refractivity contribution is 6.39. The molecule has 0 spiro atoms. The number of carbonyl (C=O) groups excluding carboxylic acids is 2. The molecule has 0 radical (unpaired) electrons. The minimum absolute atomic E-state index is 0.00866. The quantitative estimate of drug-likeness (QED) is 0.365. The SMILES string of the molecule is CCCC(=O)C(CC)=NNC=O. The maximum Gasteiger partial charge on any atom is 0.227 e. The van der Waals surface area contributed by atoms with Gasteiger partial charge in [-0.15, -0.1) is 0 Å². The molecule has 0 atom stereocenters. The van der Waals surface area contributed by atoms with Gasteiger partial charge in [0.05, 0.1) is 0 Å². The molecule has 0 aliphatic heterocycles. The lowest BCUT2D eigenvalue weighted by molar-refractivity contribution is -0.113. The van der Waals surface area contributed by atoms with E-state index < -0.39 is 0 Å². The van der Waals surface area contributed by atoms with Crippen LogP contribution in [-0.2, 0) is 9.59 Å².